The number of furan rings is 2. The molecule has 0 fully saturated rings. The first-order valence-corrected chi connectivity index (χ1v) is 20.1. The van der Waals surface area contributed by atoms with Crippen LogP contribution in [0.5, 0.6) is 0 Å². The van der Waals surface area contributed by atoms with E-state index in [0.29, 0.717) is 29.6 Å². The summed E-state index contributed by atoms with van der Waals surface area (Å²) in [5.74, 6) is 2.63. The van der Waals surface area contributed by atoms with Crippen LogP contribution in [0.2, 0.25) is 0 Å². The first-order chi connectivity index (χ1) is 29.4. The number of carbonyl (C=O) groups excluding carboxylic acids is 2. The zero-order chi connectivity index (χ0) is 42.4. The predicted molar refractivity (Wildman–Crippen MR) is 231 cm³/mol. The molecule has 6 aromatic heterocycles. The van der Waals surface area contributed by atoms with Crippen LogP contribution in [0.25, 0.3) is 23.0 Å². The molecule has 0 atom stereocenters. The second-order valence-corrected chi connectivity index (χ2v) is 13.3. The van der Waals surface area contributed by atoms with Crippen LogP contribution in [0.1, 0.15) is 64.7 Å². The fourth-order valence-corrected chi connectivity index (χ4v) is 5.77. The maximum atomic E-state index is 12.7. The Morgan fingerprint density at radius 3 is 1.62 bits per heavy atom. The third-order valence-corrected chi connectivity index (χ3v) is 9.13. The van der Waals surface area contributed by atoms with Gasteiger partial charge in [0, 0.05) is 25.2 Å². The van der Waals surface area contributed by atoms with Gasteiger partial charge >= 0.3 is 5.91 Å². The summed E-state index contributed by atoms with van der Waals surface area (Å²) < 4.78 is 11.2. The highest BCUT2D eigenvalue weighted by atomic mass is 35.5. The topological polar surface area (TPSA) is 162 Å². The van der Waals surface area contributed by atoms with E-state index in [1.54, 1.807) is 30.6 Å². The fraction of sp³-hybridized carbons (Fsp3) is 0.217. The van der Waals surface area contributed by atoms with Gasteiger partial charge in [-0.05, 0) is 104 Å². The van der Waals surface area contributed by atoms with Gasteiger partial charge in [0.1, 0.15) is 23.0 Å². The summed E-state index contributed by atoms with van der Waals surface area (Å²) in [6.07, 6.45) is 9.43. The minimum absolute atomic E-state index is 0.187. The van der Waals surface area contributed by atoms with Gasteiger partial charge in [-0.1, -0.05) is 93.6 Å². The molecule has 6 heterocycles. The minimum atomic E-state index is -0.560. The summed E-state index contributed by atoms with van der Waals surface area (Å²) in [5.41, 5.74) is 3.90. The molecular weight excluding hydrogens is 778 g/mol. The van der Waals surface area contributed by atoms with Gasteiger partial charge in [0.2, 0.25) is 5.82 Å². The second kappa shape index (κ2) is 24.2. The van der Waals surface area contributed by atoms with E-state index < -0.39 is 5.24 Å². The zero-order valence-corrected chi connectivity index (χ0v) is 34.7. The molecule has 0 bridgehead atoms. The first kappa shape index (κ1) is 44.3. The molecule has 0 spiro atoms. The summed E-state index contributed by atoms with van der Waals surface area (Å²) >= 11 is 5.01. The molecule has 14 heteroatoms. The molecule has 8 rings (SSSR count). The number of rotatable bonds is 13. The molecule has 8 aromatic rings. The molecule has 0 saturated carbocycles. The van der Waals surface area contributed by atoms with Crippen molar-refractivity contribution >= 4 is 22.8 Å². The Labute approximate surface area is 354 Å². The van der Waals surface area contributed by atoms with Crippen molar-refractivity contribution in [3.63, 3.8) is 0 Å². The van der Waals surface area contributed by atoms with Crippen LogP contribution in [0, 0.1) is 0 Å². The molecule has 308 valence electrons. The Balaban J connectivity index is 0.000000174. The van der Waals surface area contributed by atoms with Crippen molar-refractivity contribution < 1.29 is 18.4 Å². The van der Waals surface area contributed by atoms with E-state index >= 15 is 0 Å². The van der Waals surface area contributed by atoms with Crippen LogP contribution < -0.4 is 0 Å². The van der Waals surface area contributed by atoms with Crippen molar-refractivity contribution in [2.24, 2.45) is 0 Å². The van der Waals surface area contributed by atoms with E-state index in [1.165, 1.54) is 54.0 Å². The van der Waals surface area contributed by atoms with Gasteiger partial charge in [0.05, 0.1) is 12.5 Å². The standard InChI is InChI=1S/C20H16N4O2.C15H14N4.C6H15N.C5H3ClO2/c25-20(17-10-6-14-26-17)24-18(12-11-15-7-2-1-3-8-15)22-19(23-24)16-9-4-5-13-21-16;1-2-6-12(7-3-1)9-10-14-17-15(19-18-14)13-8-4-5-11-16-13;1-4-7(5-2)6-3;6-5(7)4-2-1-3-8-4/h1-10,13-14H,11-12H2;1-8,11H,9-10H2,(H,17,18,19);4-6H2,1-3H3;1-3H. The molecule has 1 N–H and O–H groups in total. The third kappa shape index (κ3) is 13.9. The van der Waals surface area contributed by atoms with Gasteiger partial charge in [-0.3, -0.25) is 24.7 Å². The van der Waals surface area contributed by atoms with E-state index in [4.69, 9.17) is 16.0 Å². The molecule has 60 heavy (non-hydrogen) atoms. The van der Waals surface area contributed by atoms with Crippen LogP contribution in [0.3, 0.4) is 0 Å². The van der Waals surface area contributed by atoms with Gasteiger partial charge in [0.25, 0.3) is 5.24 Å². The number of hydrogen-bond donors (Lipinski definition) is 1. The number of aryl methyl sites for hydroxylation is 4. The number of nitrogens with one attached hydrogen (secondary N) is 1. The zero-order valence-electron chi connectivity index (χ0n) is 33.9. The summed E-state index contributed by atoms with van der Waals surface area (Å²) in [6.45, 7) is 10.1. The van der Waals surface area contributed by atoms with Crippen molar-refractivity contribution in [2.75, 3.05) is 19.6 Å². The van der Waals surface area contributed by atoms with Crippen molar-refractivity contribution in [1.82, 2.24) is 44.8 Å². The van der Waals surface area contributed by atoms with Gasteiger partial charge < -0.3 is 13.7 Å². The largest absolute Gasteiger partial charge is 0.460 e. The Hall–Kier alpha value is -6.83. The third-order valence-electron chi connectivity index (χ3n) is 8.95. The molecule has 2 aromatic carbocycles. The smallest absolute Gasteiger partial charge is 0.315 e. The fourth-order valence-electron chi connectivity index (χ4n) is 5.66. The van der Waals surface area contributed by atoms with E-state index in [9.17, 15) is 9.59 Å². The minimum Gasteiger partial charge on any atom is -0.460 e. The first-order valence-electron chi connectivity index (χ1n) is 19.7. The van der Waals surface area contributed by atoms with Crippen LogP contribution in [-0.2, 0) is 25.7 Å². The van der Waals surface area contributed by atoms with Gasteiger partial charge in [-0.25, -0.2) is 9.97 Å². The lowest BCUT2D eigenvalue weighted by Gasteiger charge is -2.13. The summed E-state index contributed by atoms with van der Waals surface area (Å²) in [6, 6.07) is 38.1. The Morgan fingerprint density at radius 1 is 0.617 bits per heavy atom. The Kier molecular flexibility index (Phi) is 17.8. The highest BCUT2D eigenvalue weighted by Gasteiger charge is 2.21. The van der Waals surface area contributed by atoms with Gasteiger partial charge in [0.15, 0.2) is 17.3 Å². The number of hydrogen-bond acceptors (Lipinski definition) is 11. The van der Waals surface area contributed by atoms with E-state index in [-0.39, 0.29) is 17.4 Å². The van der Waals surface area contributed by atoms with Crippen molar-refractivity contribution in [3.8, 4) is 23.0 Å². The number of nitrogens with zero attached hydrogens (tertiary/aromatic N) is 8. The number of aromatic nitrogens is 8. The molecule has 0 aliphatic carbocycles. The highest BCUT2D eigenvalue weighted by molar-refractivity contribution is 6.67. The number of H-pyrrole nitrogens is 1. The summed E-state index contributed by atoms with van der Waals surface area (Å²) in [5, 5.41) is 11.0. The number of carbonyl (C=O) groups is 2. The summed E-state index contributed by atoms with van der Waals surface area (Å²) in [4.78, 5) is 42.8. The van der Waals surface area contributed by atoms with E-state index in [0.717, 1.165) is 30.8 Å². The monoisotopic (exact) mass is 825 g/mol. The lowest BCUT2D eigenvalue weighted by Crippen LogP contribution is -2.21. The Morgan fingerprint density at radius 2 is 1.15 bits per heavy atom. The molecule has 0 aliphatic heterocycles. The quantitative estimate of drug-likeness (QED) is 0.110. The van der Waals surface area contributed by atoms with Gasteiger partial charge in [-0.2, -0.15) is 9.78 Å². The van der Waals surface area contributed by atoms with E-state index in [2.05, 4.69) is 102 Å². The van der Waals surface area contributed by atoms with Crippen LogP contribution in [0.4, 0.5) is 0 Å². The normalized spacial score (nSPS) is 10.4. The highest BCUT2D eigenvalue weighted by Crippen LogP contribution is 2.16. The number of benzene rings is 2. The molecule has 0 saturated heterocycles. The maximum absolute atomic E-state index is 12.7. The molecule has 0 amide bonds. The Bertz CT molecular complexity index is 2380. The van der Waals surface area contributed by atoms with E-state index in [1.807, 2.05) is 60.7 Å². The maximum Gasteiger partial charge on any atom is 0.315 e. The van der Waals surface area contributed by atoms with Crippen molar-refractivity contribution in [2.45, 2.75) is 46.5 Å². The molecule has 0 aliphatic rings. The molecule has 13 nitrogen and oxygen atoms in total. The SMILES string of the molecule is CCN(CC)CC.O=C(Cl)c1ccco1.O=C(c1ccco1)n1nc(-c2ccccn2)nc1CCc1ccccc1.c1ccc(CCc2nc(-c3ccccn3)n[nH]2)cc1. The van der Waals surface area contributed by atoms with Gasteiger partial charge in [-0.15, -0.1) is 5.10 Å². The lowest BCUT2D eigenvalue weighted by atomic mass is 10.1. The van der Waals surface area contributed by atoms with Crippen molar-refractivity contribution in [3.05, 3.63) is 181 Å². The summed E-state index contributed by atoms with van der Waals surface area (Å²) in [7, 11) is 0. The molecular formula is C46H48ClN9O4. The lowest BCUT2D eigenvalue weighted by molar-refractivity contribution is 0.0912. The average molecular weight is 826 g/mol. The second-order valence-electron chi connectivity index (χ2n) is 12.9. The molecule has 0 unspecified atom stereocenters. The van der Waals surface area contributed by atoms with Crippen molar-refractivity contribution in [1.29, 1.82) is 0 Å². The van der Waals surface area contributed by atoms with Crippen LogP contribution >= 0.6 is 11.6 Å². The average Bonchev–Trinajstić information content (AvgIpc) is 4.16. The predicted octanol–water partition coefficient (Wildman–Crippen LogP) is 9.07. The number of aromatic amines is 1. The number of pyridine rings is 2. The van der Waals surface area contributed by atoms with Crippen LogP contribution in [-0.4, -0.2) is 75.6 Å². The van der Waals surface area contributed by atoms with Crippen LogP contribution in [0.15, 0.2) is 155 Å². The molecule has 0 radical (unpaired) electrons. The number of halogens is 1.